The van der Waals surface area contributed by atoms with Crippen LogP contribution in [0.1, 0.15) is 31.4 Å². The van der Waals surface area contributed by atoms with E-state index < -0.39 is 5.97 Å². The van der Waals surface area contributed by atoms with E-state index in [1.807, 2.05) is 12.1 Å². The molecule has 0 aliphatic carbocycles. The first-order valence-electron chi connectivity index (χ1n) is 6.20. The molecule has 0 bridgehead atoms. The van der Waals surface area contributed by atoms with E-state index in [0.717, 1.165) is 44.7 Å². The molecular weight excluding hydrogens is 218 g/mol. The highest BCUT2D eigenvalue weighted by Crippen LogP contribution is 2.23. The van der Waals surface area contributed by atoms with Gasteiger partial charge in [-0.1, -0.05) is 0 Å². The van der Waals surface area contributed by atoms with Crippen molar-refractivity contribution in [3.05, 3.63) is 24.2 Å². The highest BCUT2D eigenvalue weighted by molar-refractivity contribution is 5.66. The minimum absolute atomic E-state index is 0.308. The third-order valence-corrected chi connectivity index (χ3v) is 3.43. The van der Waals surface area contributed by atoms with Crippen LogP contribution in [-0.4, -0.2) is 29.1 Å². The Morgan fingerprint density at radius 3 is 2.82 bits per heavy atom. The Hall–Kier alpha value is -1.29. The predicted molar refractivity (Wildman–Crippen MR) is 63.6 cm³/mol. The second kappa shape index (κ2) is 5.87. The van der Waals surface area contributed by atoms with Crippen molar-refractivity contribution in [1.29, 1.82) is 0 Å². The molecule has 1 saturated heterocycles. The maximum Gasteiger partial charge on any atom is 0.303 e. The van der Waals surface area contributed by atoms with Crippen LogP contribution in [-0.2, 0) is 11.3 Å². The normalized spacial score (nSPS) is 18.4. The number of carbonyl (C=O) groups is 1. The van der Waals surface area contributed by atoms with Crippen LogP contribution in [0.15, 0.2) is 22.8 Å². The molecule has 0 aromatic carbocycles. The molecule has 0 unspecified atom stereocenters. The van der Waals surface area contributed by atoms with Crippen LogP contribution in [0.3, 0.4) is 0 Å². The number of likely N-dealkylation sites (tertiary alicyclic amines) is 1. The van der Waals surface area contributed by atoms with E-state index in [1.54, 1.807) is 6.26 Å². The number of hydrogen-bond donors (Lipinski definition) is 1. The van der Waals surface area contributed by atoms with Crippen molar-refractivity contribution in [2.24, 2.45) is 5.92 Å². The highest BCUT2D eigenvalue weighted by atomic mass is 16.4. The van der Waals surface area contributed by atoms with Crippen LogP contribution in [0.25, 0.3) is 0 Å². The first-order valence-corrected chi connectivity index (χ1v) is 6.20. The molecule has 1 N–H and O–H groups in total. The molecule has 1 aromatic rings. The zero-order valence-corrected chi connectivity index (χ0v) is 9.97. The van der Waals surface area contributed by atoms with Crippen molar-refractivity contribution >= 4 is 5.97 Å². The summed E-state index contributed by atoms with van der Waals surface area (Å²) in [6.45, 7) is 2.97. The summed E-state index contributed by atoms with van der Waals surface area (Å²) in [5, 5.41) is 8.64. The molecule has 1 aliphatic heterocycles. The molecule has 94 valence electrons. The molecule has 17 heavy (non-hydrogen) atoms. The fourth-order valence-corrected chi connectivity index (χ4v) is 2.38. The molecule has 4 nitrogen and oxygen atoms in total. The zero-order valence-electron chi connectivity index (χ0n) is 9.97. The second-order valence-corrected chi connectivity index (χ2v) is 4.73. The monoisotopic (exact) mass is 237 g/mol. The number of carboxylic acids is 1. The molecule has 0 radical (unpaired) electrons. The first-order chi connectivity index (χ1) is 8.24. The molecule has 0 spiro atoms. The Balaban J connectivity index is 1.69. The summed E-state index contributed by atoms with van der Waals surface area (Å²) in [7, 11) is 0. The highest BCUT2D eigenvalue weighted by Gasteiger charge is 2.20. The number of hydrogen-bond acceptors (Lipinski definition) is 3. The third kappa shape index (κ3) is 3.89. The van der Waals surface area contributed by atoms with Crippen molar-refractivity contribution in [3.63, 3.8) is 0 Å². The summed E-state index contributed by atoms with van der Waals surface area (Å²) < 4.78 is 5.32. The van der Waals surface area contributed by atoms with Crippen molar-refractivity contribution in [1.82, 2.24) is 4.90 Å². The average molecular weight is 237 g/mol. The summed E-state index contributed by atoms with van der Waals surface area (Å²) in [5.41, 5.74) is 0. The SMILES string of the molecule is O=C(O)CCC1CCN(Cc2ccco2)CC1. The summed E-state index contributed by atoms with van der Waals surface area (Å²) in [6, 6.07) is 3.91. The lowest BCUT2D eigenvalue weighted by molar-refractivity contribution is -0.137. The quantitative estimate of drug-likeness (QED) is 0.854. The van der Waals surface area contributed by atoms with E-state index in [1.165, 1.54) is 0 Å². The molecule has 2 rings (SSSR count). The van der Waals surface area contributed by atoms with Gasteiger partial charge in [0.1, 0.15) is 5.76 Å². The molecule has 1 aromatic heterocycles. The fraction of sp³-hybridized carbons (Fsp3) is 0.615. The number of nitrogens with zero attached hydrogens (tertiary/aromatic N) is 1. The second-order valence-electron chi connectivity index (χ2n) is 4.73. The van der Waals surface area contributed by atoms with Gasteiger partial charge in [0, 0.05) is 6.42 Å². The molecule has 0 saturated carbocycles. The summed E-state index contributed by atoms with van der Waals surface area (Å²) in [6.07, 6.45) is 5.05. The number of rotatable bonds is 5. The Morgan fingerprint density at radius 1 is 1.47 bits per heavy atom. The van der Waals surface area contributed by atoms with Crippen LogP contribution in [0.5, 0.6) is 0 Å². The molecule has 0 atom stereocenters. The maximum atomic E-state index is 10.5. The van der Waals surface area contributed by atoms with E-state index in [-0.39, 0.29) is 0 Å². The number of furan rings is 1. The van der Waals surface area contributed by atoms with Gasteiger partial charge in [0.25, 0.3) is 0 Å². The minimum atomic E-state index is -0.678. The van der Waals surface area contributed by atoms with Crippen LogP contribution in [0.4, 0.5) is 0 Å². The maximum absolute atomic E-state index is 10.5. The smallest absolute Gasteiger partial charge is 0.303 e. The van der Waals surface area contributed by atoms with Crippen molar-refractivity contribution in [2.75, 3.05) is 13.1 Å². The Morgan fingerprint density at radius 2 is 2.24 bits per heavy atom. The van der Waals surface area contributed by atoms with Crippen LogP contribution >= 0.6 is 0 Å². The summed E-state index contributed by atoms with van der Waals surface area (Å²) in [4.78, 5) is 12.9. The number of aliphatic carboxylic acids is 1. The van der Waals surface area contributed by atoms with Crippen molar-refractivity contribution in [2.45, 2.75) is 32.2 Å². The van der Waals surface area contributed by atoms with Gasteiger partial charge in [-0.25, -0.2) is 0 Å². The fourth-order valence-electron chi connectivity index (χ4n) is 2.38. The predicted octanol–water partition coefficient (Wildman–Crippen LogP) is 2.36. The molecule has 4 heteroatoms. The lowest BCUT2D eigenvalue weighted by Gasteiger charge is -2.31. The van der Waals surface area contributed by atoms with Crippen LogP contribution in [0.2, 0.25) is 0 Å². The Bertz CT molecular complexity index is 340. The van der Waals surface area contributed by atoms with Crippen LogP contribution < -0.4 is 0 Å². The Kier molecular flexibility index (Phi) is 4.20. The van der Waals surface area contributed by atoms with E-state index in [0.29, 0.717) is 12.3 Å². The van der Waals surface area contributed by atoms with E-state index in [4.69, 9.17) is 9.52 Å². The summed E-state index contributed by atoms with van der Waals surface area (Å²) in [5.74, 6) is 0.913. The zero-order chi connectivity index (χ0) is 12.1. The van der Waals surface area contributed by atoms with Crippen molar-refractivity contribution in [3.8, 4) is 0 Å². The number of piperidine rings is 1. The van der Waals surface area contributed by atoms with Crippen molar-refractivity contribution < 1.29 is 14.3 Å². The molecule has 1 fully saturated rings. The van der Waals surface area contributed by atoms with E-state index in [9.17, 15) is 4.79 Å². The van der Waals surface area contributed by atoms with Gasteiger partial charge in [0.15, 0.2) is 0 Å². The van der Waals surface area contributed by atoms with Gasteiger partial charge in [-0.3, -0.25) is 9.69 Å². The van der Waals surface area contributed by atoms with Gasteiger partial charge in [-0.05, 0) is 50.4 Å². The largest absolute Gasteiger partial charge is 0.481 e. The average Bonchev–Trinajstić information content (AvgIpc) is 2.81. The number of carboxylic acid groups (broad SMARTS) is 1. The summed E-state index contributed by atoms with van der Waals surface area (Å²) >= 11 is 0. The van der Waals surface area contributed by atoms with Gasteiger partial charge in [0.2, 0.25) is 0 Å². The van der Waals surface area contributed by atoms with Gasteiger partial charge >= 0.3 is 5.97 Å². The van der Waals surface area contributed by atoms with Gasteiger partial charge < -0.3 is 9.52 Å². The minimum Gasteiger partial charge on any atom is -0.481 e. The molecule has 0 amide bonds. The van der Waals surface area contributed by atoms with Gasteiger partial charge in [-0.15, -0.1) is 0 Å². The molecule has 1 aliphatic rings. The van der Waals surface area contributed by atoms with Gasteiger partial charge in [-0.2, -0.15) is 0 Å². The third-order valence-electron chi connectivity index (χ3n) is 3.43. The molecular formula is C13H19NO3. The lowest BCUT2D eigenvalue weighted by atomic mass is 9.92. The van der Waals surface area contributed by atoms with Gasteiger partial charge in [0.05, 0.1) is 12.8 Å². The topological polar surface area (TPSA) is 53.7 Å². The first kappa shape index (κ1) is 12.2. The standard InChI is InChI=1S/C13H19NO3/c15-13(16)4-3-11-5-7-14(8-6-11)10-12-2-1-9-17-12/h1-2,9,11H,3-8,10H2,(H,15,16). The molecule has 2 heterocycles. The van der Waals surface area contributed by atoms with E-state index >= 15 is 0 Å². The van der Waals surface area contributed by atoms with Crippen LogP contribution in [0, 0.1) is 5.92 Å². The Labute approximate surface area is 101 Å². The van der Waals surface area contributed by atoms with E-state index in [2.05, 4.69) is 4.90 Å². The lowest BCUT2D eigenvalue weighted by Crippen LogP contribution is -2.33.